The Morgan fingerprint density at radius 3 is 1.60 bits per heavy atom. The number of hydrogen-bond acceptors (Lipinski definition) is 2. The molecule has 2 nitrogen and oxygen atoms in total. The molecular formula is C18H18O2. The second kappa shape index (κ2) is 7.19. The molecule has 0 radical (unpaired) electrons. The molecule has 0 amide bonds. The largest absolute Gasteiger partial charge is 0.490 e. The van der Waals surface area contributed by atoms with E-state index in [9.17, 15) is 0 Å². The number of benzene rings is 2. The summed E-state index contributed by atoms with van der Waals surface area (Å²) in [5.74, 6) is 1.67. The van der Waals surface area contributed by atoms with Crippen molar-refractivity contribution >= 4 is 0 Å². The Labute approximate surface area is 120 Å². The van der Waals surface area contributed by atoms with Crippen molar-refractivity contribution in [1.82, 2.24) is 0 Å². The quantitative estimate of drug-likeness (QED) is 0.688. The molecule has 0 bridgehead atoms. The molecule has 20 heavy (non-hydrogen) atoms. The Hall–Kier alpha value is -2.48. The van der Waals surface area contributed by atoms with E-state index >= 15 is 0 Å². The zero-order valence-corrected chi connectivity index (χ0v) is 11.4. The highest BCUT2D eigenvalue weighted by molar-refractivity contribution is 5.66. The summed E-state index contributed by atoms with van der Waals surface area (Å²) in [7, 11) is 0. The van der Waals surface area contributed by atoms with Gasteiger partial charge in [-0.05, 0) is 35.4 Å². The molecule has 0 N–H and O–H groups in total. The normalized spacial score (nSPS) is 9.80. The van der Waals surface area contributed by atoms with Gasteiger partial charge in [-0.1, -0.05) is 49.6 Å². The first-order chi connectivity index (χ1) is 9.83. The van der Waals surface area contributed by atoms with E-state index in [-0.39, 0.29) is 0 Å². The van der Waals surface area contributed by atoms with Crippen LogP contribution in [-0.4, -0.2) is 13.2 Å². The van der Waals surface area contributed by atoms with Crippen LogP contribution in [0.1, 0.15) is 0 Å². The fourth-order valence-corrected chi connectivity index (χ4v) is 1.84. The summed E-state index contributed by atoms with van der Waals surface area (Å²) in [4.78, 5) is 0. The highest BCUT2D eigenvalue weighted by Gasteiger charge is 2.02. The number of rotatable bonds is 7. The molecule has 0 heterocycles. The van der Waals surface area contributed by atoms with Crippen LogP contribution in [0.25, 0.3) is 11.1 Å². The summed E-state index contributed by atoms with van der Waals surface area (Å²) in [5.41, 5.74) is 2.19. The molecule has 102 valence electrons. The maximum absolute atomic E-state index is 5.55. The van der Waals surface area contributed by atoms with Gasteiger partial charge in [-0.25, -0.2) is 0 Å². The fourth-order valence-electron chi connectivity index (χ4n) is 1.84. The van der Waals surface area contributed by atoms with Crippen molar-refractivity contribution in [1.29, 1.82) is 0 Å². The number of ether oxygens (including phenoxy) is 2. The van der Waals surface area contributed by atoms with Gasteiger partial charge in [0, 0.05) is 0 Å². The van der Waals surface area contributed by atoms with E-state index in [1.807, 2.05) is 48.5 Å². The summed E-state index contributed by atoms with van der Waals surface area (Å²) in [5, 5.41) is 0. The molecule has 2 rings (SSSR count). The SMILES string of the molecule is C=CCOc1cccc(-c2cccc(OCC=C)c2)c1. The van der Waals surface area contributed by atoms with Crippen LogP contribution in [0.5, 0.6) is 11.5 Å². The van der Waals surface area contributed by atoms with E-state index in [0.717, 1.165) is 22.6 Å². The van der Waals surface area contributed by atoms with Gasteiger partial charge in [0.25, 0.3) is 0 Å². The second-order valence-corrected chi connectivity index (χ2v) is 4.26. The molecule has 0 aliphatic heterocycles. The van der Waals surface area contributed by atoms with Crippen molar-refractivity contribution in [2.45, 2.75) is 0 Å². The van der Waals surface area contributed by atoms with Gasteiger partial charge >= 0.3 is 0 Å². The average Bonchev–Trinajstić information content (AvgIpc) is 2.51. The molecule has 0 aliphatic carbocycles. The molecule has 0 spiro atoms. The standard InChI is InChI=1S/C18H18O2/c1-3-11-19-17-9-5-7-15(13-17)16-8-6-10-18(14-16)20-12-4-2/h3-10,13-14H,1-2,11-12H2. The zero-order chi connectivity index (χ0) is 14.2. The summed E-state index contributed by atoms with van der Waals surface area (Å²) >= 11 is 0. The van der Waals surface area contributed by atoms with Crippen LogP contribution in [0.4, 0.5) is 0 Å². The third kappa shape index (κ3) is 3.75. The van der Waals surface area contributed by atoms with Crippen molar-refractivity contribution in [2.75, 3.05) is 13.2 Å². The third-order valence-electron chi connectivity index (χ3n) is 2.74. The van der Waals surface area contributed by atoms with Gasteiger partial charge in [-0.3, -0.25) is 0 Å². The first-order valence-electron chi connectivity index (χ1n) is 6.51. The van der Waals surface area contributed by atoms with Gasteiger partial charge in [-0.15, -0.1) is 0 Å². The predicted octanol–water partition coefficient (Wildman–Crippen LogP) is 4.48. The molecule has 2 aromatic carbocycles. The minimum absolute atomic E-state index is 0.506. The van der Waals surface area contributed by atoms with Gasteiger partial charge in [0.2, 0.25) is 0 Å². The molecule has 0 saturated carbocycles. The lowest BCUT2D eigenvalue weighted by molar-refractivity contribution is 0.362. The van der Waals surface area contributed by atoms with E-state index in [0.29, 0.717) is 13.2 Å². The van der Waals surface area contributed by atoms with E-state index < -0.39 is 0 Å². The highest BCUT2D eigenvalue weighted by atomic mass is 16.5. The Morgan fingerprint density at radius 1 is 0.750 bits per heavy atom. The van der Waals surface area contributed by atoms with Crippen molar-refractivity contribution in [2.24, 2.45) is 0 Å². The van der Waals surface area contributed by atoms with Crippen LogP contribution in [0.15, 0.2) is 73.8 Å². The molecule has 0 saturated heterocycles. The van der Waals surface area contributed by atoms with E-state index in [4.69, 9.17) is 9.47 Å². The first kappa shape index (κ1) is 13.9. The van der Waals surface area contributed by atoms with Gasteiger partial charge in [-0.2, -0.15) is 0 Å². The minimum Gasteiger partial charge on any atom is -0.490 e. The van der Waals surface area contributed by atoms with Crippen molar-refractivity contribution < 1.29 is 9.47 Å². The van der Waals surface area contributed by atoms with Crippen LogP contribution in [0, 0.1) is 0 Å². The van der Waals surface area contributed by atoms with Crippen LogP contribution >= 0.6 is 0 Å². The smallest absolute Gasteiger partial charge is 0.120 e. The molecular weight excluding hydrogens is 248 g/mol. The molecule has 0 aliphatic rings. The van der Waals surface area contributed by atoms with Crippen LogP contribution in [0.3, 0.4) is 0 Å². The van der Waals surface area contributed by atoms with Gasteiger partial charge in [0.1, 0.15) is 24.7 Å². The molecule has 2 heteroatoms. The fraction of sp³-hybridized carbons (Fsp3) is 0.111. The Kier molecular flexibility index (Phi) is 5.01. The lowest BCUT2D eigenvalue weighted by Crippen LogP contribution is -1.94. The zero-order valence-electron chi connectivity index (χ0n) is 11.4. The predicted molar refractivity (Wildman–Crippen MR) is 83.3 cm³/mol. The van der Waals surface area contributed by atoms with E-state index in [2.05, 4.69) is 13.2 Å². The van der Waals surface area contributed by atoms with Crippen LogP contribution < -0.4 is 9.47 Å². The van der Waals surface area contributed by atoms with Gasteiger partial charge < -0.3 is 9.47 Å². The van der Waals surface area contributed by atoms with Crippen LogP contribution in [0.2, 0.25) is 0 Å². The van der Waals surface area contributed by atoms with Crippen molar-refractivity contribution in [3.05, 3.63) is 73.8 Å². The lowest BCUT2D eigenvalue weighted by Gasteiger charge is -2.08. The maximum atomic E-state index is 5.55. The second-order valence-electron chi connectivity index (χ2n) is 4.26. The summed E-state index contributed by atoms with van der Waals surface area (Å²) < 4.78 is 11.1. The maximum Gasteiger partial charge on any atom is 0.120 e. The monoisotopic (exact) mass is 266 g/mol. The average molecular weight is 266 g/mol. The van der Waals surface area contributed by atoms with Crippen LogP contribution in [-0.2, 0) is 0 Å². The van der Waals surface area contributed by atoms with Crippen molar-refractivity contribution in [3.8, 4) is 22.6 Å². The Morgan fingerprint density at radius 2 is 1.20 bits per heavy atom. The van der Waals surface area contributed by atoms with Gasteiger partial charge in [0.05, 0.1) is 0 Å². The molecule has 0 unspecified atom stereocenters. The molecule has 0 aromatic heterocycles. The molecule has 2 aromatic rings. The summed E-state index contributed by atoms with van der Waals surface area (Å²) in [6.45, 7) is 8.31. The Bertz CT molecular complexity index is 534. The third-order valence-corrected chi connectivity index (χ3v) is 2.74. The molecule has 0 fully saturated rings. The summed E-state index contributed by atoms with van der Waals surface area (Å²) in [6, 6.07) is 15.9. The van der Waals surface area contributed by atoms with Crippen molar-refractivity contribution in [3.63, 3.8) is 0 Å². The van der Waals surface area contributed by atoms with E-state index in [1.54, 1.807) is 12.2 Å². The van der Waals surface area contributed by atoms with Gasteiger partial charge in [0.15, 0.2) is 0 Å². The Balaban J connectivity index is 2.21. The highest BCUT2D eigenvalue weighted by Crippen LogP contribution is 2.26. The van der Waals surface area contributed by atoms with E-state index in [1.165, 1.54) is 0 Å². The number of hydrogen-bond donors (Lipinski definition) is 0. The molecule has 0 atom stereocenters. The first-order valence-corrected chi connectivity index (χ1v) is 6.51. The summed E-state index contributed by atoms with van der Waals surface area (Å²) in [6.07, 6.45) is 3.47. The minimum atomic E-state index is 0.506. The lowest BCUT2D eigenvalue weighted by atomic mass is 10.1. The topological polar surface area (TPSA) is 18.5 Å².